The fraction of sp³-hybridized carbons (Fsp3) is 0.800. The highest BCUT2D eigenvalue weighted by Gasteiger charge is 2.32. The summed E-state index contributed by atoms with van der Waals surface area (Å²) in [4.78, 5) is 10.4. The topological polar surface area (TPSA) is 80.3 Å². The molecule has 0 aromatic rings. The van der Waals surface area contributed by atoms with Gasteiger partial charge in [0.25, 0.3) is 0 Å². The summed E-state index contributed by atoms with van der Waals surface area (Å²) in [5, 5.41) is 0. The summed E-state index contributed by atoms with van der Waals surface area (Å²) in [6.07, 6.45) is -0.925. The highest BCUT2D eigenvalue weighted by molar-refractivity contribution is 7.48. The molecule has 7 nitrogen and oxygen atoms in total. The zero-order valence-electron chi connectivity index (χ0n) is 6.93. The molecule has 0 N–H and O–H groups in total. The minimum absolute atomic E-state index is 0.204. The van der Waals surface area contributed by atoms with Crippen molar-refractivity contribution < 1.29 is 32.4 Å². The van der Waals surface area contributed by atoms with E-state index in [1.807, 2.05) is 0 Å². The van der Waals surface area contributed by atoms with E-state index in [1.54, 1.807) is 0 Å². The van der Waals surface area contributed by atoms with E-state index in [4.69, 9.17) is 0 Å². The highest BCUT2D eigenvalue weighted by atomic mass is 31.2. The quantitative estimate of drug-likeness (QED) is 0.390. The first-order valence-electron chi connectivity index (χ1n) is 3.41. The molecule has 0 aromatic carbocycles. The number of carbonyl (C=O) groups excluding carboxylic acids is 1. The van der Waals surface area contributed by atoms with Gasteiger partial charge in [0, 0.05) is 0 Å². The lowest BCUT2D eigenvalue weighted by Crippen LogP contribution is -2.07. The Labute approximate surface area is 74.5 Å². The summed E-state index contributed by atoms with van der Waals surface area (Å²) < 4.78 is 33.4. The number of carbonyl (C=O) groups is 1. The predicted octanol–water partition coefficient (Wildman–Crippen LogP) is 0.898. The second-order valence-electron chi connectivity index (χ2n) is 1.96. The monoisotopic (exact) mass is 212 g/mol. The molecule has 0 saturated carbocycles. The van der Waals surface area contributed by atoms with E-state index in [1.165, 1.54) is 0 Å². The molecule has 0 radical (unpaired) electrons. The summed E-state index contributed by atoms with van der Waals surface area (Å²) in [5.74, 6) is 0. The van der Waals surface area contributed by atoms with Crippen LogP contribution in [0.2, 0.25) is 0 Å². The molecule has 1 aliphatic heterocycles. The Morgan fingerprint density at radius 1 is 1.46 bits per heavy atom. The number of rotatable bonds is 3. The summed E-state index contributed by atoms with van der Waals surface area (Å²) in [5.41, 5.74) is 0. The molecule has 8 heteroatoms. The van der Waals surface area contributed by atoms with Gasteiger partial charge in [-0.2, -0.15) is 0 Å². The largest absolute Gasteiger partial charge is 0.510 e. The number of phosphoric acid groups is 1. The second-order valence-corrected chi connectivity index (χ2v) is 3.63. The maximum absolute atomic E-state index is 11.2. The van der Waals surface area contributed by atoms with E-state index in [0.29, 0.717) is 0 Å². The van der Waals surface area contributed by atoms with Crippen LogP contribution in [0.15, 0.2) is 0 Å². The summed E-state index contributed by atoms with van der Waals surface area (Å²) in [6.45, 7) is -0.116. The van der Waals surface area contributed by atoms with Crippen LogP contribution in [0.3, 0.4) is 0 Å². The molecule has 0 spiro atoms. The van der Waals surface area contributed by atoms with Crippen molar-refractivity contribution in [3.63, 3.8) is 0 Å². The third-order valence-electron chi connectivity index (χ3n) is 1.14. The molecule has 0 bridgehead atoms. The average molecular weight is 212 g/mol. The van der Waals surface area contributed by atoms with E-state index in [-0.39, 0.29) is 13.2 Å². The number of hydrogen-bond acceptors (Lipinski definition) is 7. The van der Waals surface area contributed by atoms with Crippen LogP contribution in [0, 0.1) is 0 Å². The lowest BCUT2D eigenvalue weighted by Gasteiger charge is -2.08. The summed E-state index contributed by atoms with van der Waals surface area (Å²) >= 11 is 0. The lowest BCUT2D eigenvalue weighted by molar-refractivity contribution is 0.00305. The zero-order chi connectivity index (χ0) is 9.73. The molecular weight excluding hydrogens is 203 g/mol. The van der Waals surface area contributed by atoms with E-state index in [0.717, 1.165) is 7.11 Å². The van der Waals surface area contributed by atoms with Gasteiger partial charge in [0.15, 0.2) is 0 Å². The first kappa shape index (κ1) is 10.5. The van der Waals surface area contributed by atoms with Crippen molar-refractivity contribution in [1.82, 2.24) is 0 Å². The molecule has 1 rings (SSSR count). The predicted molar refractivity (Wildman–Crippen MR) is 39.0 cm³/mol. The van der Waals surface area contributed by atoms with Crippen LogP contribution in [0.4, 0.5) is 4.79 Å². The maximum Gasteiger partial charge on any atom is 0.510 e. The zero-order valence-corrected chi connectivity index (χ0v) is 7.82. The Balaban J connectivity index is 2.18. The van der Waals surface area contributed by atoms with Gasteiger partial charge in [-0.1, -0.05) is 0 Å². The Morgan fingerprint density at radius 2 is 2.08 bits per heavy atom. The normalized spacial score (nSPS) is 19.8. The average Bonchev–Trinajstić information content (AvgIpc) is 2.52. The standard InChI is InChI=1S/C5H9O7P/c1-8-5(6)9-4-12-13(7)10-2-3-11-13/h2-4H2,1H3. The van der Waals surface area contributed by atoms with Crippen molar-refractivity contribution in [2.75, 3.05) is 27.1 Å². The number of ether oxygens (including phenoxy) is 2. The summed E-state index contributed by atoms with van der Waals surface area (Å²) in [6, 6.07) is 0. The van der Waals surface area contributed by atoms with Crippen LogP contribution < -0.4 is 0 Å². The first-order valence-corrected chi connectivity index (χ1v) is 4.87. The van der Waals surface area contributed by atoms with Gasteiger partial charge in [0.2, 0.25) is 6.79 Å². The Hall–Kier alpha value is -0.620. The van der Waals surface area contributed by atoms with Gasteiger partial charge < -0.3 is 9.47 Å². The van der Waals surface area contributed by atoms with Crippen LogP contribution in [0.5, 0.6) is 0 Å². The lowest BCUT2D eigenvalue weighted by atomic mass is 10.8. The number of phosphoric ester groups is 1. The van der Waals surface area contributed by atoms with E-state index in [9.17, 15) is 9.36 Å². The van der Waals surface area contributed by atoms with Gasteiger partial charge in [-0.05, 0) is 0 Å². The van der Waals surface area contributed by atoms with Crippen LogP contribution in [0.25, 0.3) is 0 Å². The minimum Gasteiger partial charge on any atom is -0.438 e. The van der Waals surface area contributed by atoms with Gasteiger partial charge in [-0.3, -0.25) is 9.05 Å². The Morgan fingerprint density at radius 3 is 2.62 bits per heavy atom. The van der Waals surface area contributed by atoms with Crippen LogP contribution in [0.1, 0.15) is 0 Å². The van der Waals surface area contributed by atoms with Crippen molar-refractivity contribution >= 4 is 14.0 Å². The second kappa shape index (κ2) is 4.57. The van der Waals surface area contributed by atoms with E-state index < -0.39 is 20.8 Å². The maximum atomic E-state index is 11.2. The van der Waals surface area contributed by atoms with Gasteiger partial charge in [0.05, 0.1) is 20.3 Å². The fourth-order valence-electron chi connectivity index (χ4n) is 0.608. The molecule has 76 valence electrons. The van der Waals surface area contributed by atoms with Gasteiger partial charge >= 0.3 is 14.0 Å². The van der Waals surface area contributed by atoms with Crippen molar-refractivity contribution in [3.05, 3.63) is 0 Å². The van der Waals surface area contributed by atoms with Gasteiger partial charge in [0.1, 0.15) is 0 Å². The molecule has 1 fully saturated rings. The SMILES string of the molecule is COC(=O)OCOP1(=O)OCCO1. The van der Waals surface area contributed by atoms with Crippen molar-refractivity contribution in [2.24, 2.45) is 0 Å². The van der Waals surface area contributed by atoms with Crippen LogP contribution in [-0.4, -0.2) is 33.3 Å². The molecule has 13 heavy (non-hydrogen) atoms. The molecule has 0 unspecified atom stereocenters. The highest BCUT2D eigenvalue weighted by Crippen LogP contribution is 2.52. The number of methoxy groups -OCH3 is 1. The molecule has 0 aliphatic carbocycles. The molecular formula is C5H9O7P. The Kier molecular flexibility index (Phi) is 3.68. The molecule has 1 heterocycles. The van der Waals surface area contributed by atoms with Gasteiger partial charge in [-0.15, -0.1) is 0 Å². The van der Waals surface area contributed by atoms with Crippen molar-refractivity contribution in [3.8, 4) is 0 Å². The van der Waals surface area contributed by atoms with Crippen molar-refractivity contribution in [1.29, 1.82) is 0 Å². The van der Waals surface area contributed by atoms with Gasteiger partial charge in [-0.25, -0.2) is 13.9 Å². The molecule has 1 aliphatic rings. The minimum atomic E-state index is -3.47. The third-order valence-corrected chi connectivity index (χ3v) is 2.56. The Bertz CT molecular complexity index is 217. The fourth-order valence-corrected chi connectivity index (χ4v) is 1.61. The van der Waals surface area contributed by atoms with E-state index >= 15 is 0 Å². The molecule has 0 amide bonds. The smallest absolute Gasteiger partial charge is 0.438 e. The number of hydrogen-bond donors (Lipinski definition) is 0. The van der Waals surface area contributed by atoms with Crippen LogP contribution in [-0.2, 0) is 27.6 Å². The first-order chi connectivity index (χ1) is 6.16. The summed E-state index contributed by atoms with van der Waals surface area (Å²) in [7, 11) is -2.32. The van der Waals surface area contributed by atoms with Crippen molar-refractivity contribution in [2.45, 2.75) is 0 Å². The van der Waals surface area contributed by atoms with Crippen LogP contribution >= 0.6 is 7.82 Å². The molecule has 0 aromatic heterocycles. The molecule has 0 atom stereocenters. The third kappa shape index (κ3) is 3.31. The molecule has 1 saturated heterocycles. The van der Waals surface area contributed by atoms with E-state index in [2.05, 4.69) is 23.0 Å².